The lowest BCUT2D eigenvalue weighted by Crippen LogP contribution is -2.40. The lowest BCUT2D eigenvalue weighted by Gasteiger charge is -2.32. The molecule has 0 unspecified atom stereocenters. The fourth-order valence-electron chi connectivity index (χ4n) is 3.02. The summed E-state index contributed by atoms with van der Waals surface area (Å²) in [5.41, 5.74) is 0.905. The molecule has 1 saturated heterocycles. The Labute approximate surface area is 139 Å². The van der Waals surface area contributed by atoms with Crippen molar-refractivity contribution >= 4 is 15.5 Å². The van der Waals surface area contributed by atoms with Crippen LogP contribution in [0.3, 0.4) is 0 Å². The maximum Gasteiger partial charge on any atom is 0.200 e. The van der Waals surface area contributed by atoms with Crippen LogP contribution in [-0.2, 0) is 9.84 Å². The second-order valence-electron chi connectivity index (χ2n) is 7.69. The average Bonchev–Trinajstić information content (AvgIpc) is 3.32. The standard InChI is InChI=1S/C17H27N3O2S/c1-17(2,3)23(21,22)16-7-4-14(12-18-16)19-13-8-10-20(11-9-13)15-5-6-15/h4,7,12-13,15,19H,5-6,8-11H2,1-3H3. The number of hydrogen-bond donors (Lipinski definition) is 1. The molecule has 6 heteroatoms. The van der Waals surface area contributed by atoms with Gasteiger partial charge < -0.3 is 10.2 Å². The molecule has 5 nitrogen and oxygen atoms in total. The van der Waals surface area contributed by atoms with Gasteiger partial charge in [-0.15, -0.1) is 0 Å². The van der Waals surface area contributed by atoms with Crippen molar-refractivity contribution in [2.45, 2.75) is 68.3 Å². The van der Waals surface area contributed by atoms with Crippen molar-refractivity contribution < 1.29 is 8.42 Å². The van der Waals surface area contributed by atoms with Gasteiger partial charge in [0.1, 0.15) is 0 Å². The Morgan fingerprint density at radius 2 is 1.78 bits per heavy atom. The Morgan fingerprint density at radius 1 is 1.13 bits per heavy atom. The Kier molecular flexibility index (Phi) is 4.40. The summed E-state index contributed by atoms with van der Waals surface area (Å²) < 4.78 is 23.9. The molecule has 1 aliphatic heterocycles. The number of hydrogen-bond acceptors (Lipinski definition) is 5. The monoisotopic (exact) mass is 337 g/mol. The molecule has 1 N–H and O–H groups in total. The molecule has 3 rings (SSSR count). The van der Waals surface area contributed by atoms with Crippen LogP contribution in [0.4, 0.5) is 5.69 Å². The first-order valence-electron chi connectivity index (χ1n) is 8.49. The van der Waals surface area contributed by atoms with E-state index < -0.39 is 14.6 Å². The third-order valence-corrected chi connectivity index (χ3v) is 7.19. The molecule has 1 saturated carbocycles. The van der Waals surface area contributed by atoms with E-state index in [1.165, 1.54) is 12.8 Å². The SMILES string of the molecule is CC(C)(C)S(=O)(=O)c1ccc(NC2CCN(C3CC3)CC2)cn1. The molecular formula is C17H27N3O2S. The first-order chi connectivity index (χ1) is 10.8. The lowest BCUT2D eigenvalue weighted by atomic mass is 10.0. The fraction of sp³-hybridized carbons (Fsp3) is 0.706. The van der Waals surface area contributed by atoms with Crippen molar-refractivity contribution in [3.05, 3.63) is 18.3 Å². The first-order valence-corrected chi connectivity index (χ1v) is 9.97. The van der Waals surface area contributed by atoms with Crippen LogP contribution in [0, 0.1) is 0 Å². The zero-order valence-electron chi connectivity index (χ0n) is 14.2. The lowest BCUT2D eigenvalue weighted by molar-refractivity contribution is 0.210. The van der Waals surface area contributed by atoms with E-state index in [1.807, 2.05) is 6.07 Å². The van der Waals surface area contributed by atoms with E-state index in [0.717, 1.165) is 37.7 Å². The topological polar surface area (TPSA) is 62.3 Å². The van der Waals surface area contributed by atoms with E-state index in [-0.39, 0.29) is 5.03 Å². The predicted molar refractivity (Wildman–Crippen MR) is 92.4 cm³/mol. The van der Waals surface area contributed by atoms with Crippen LogP contribution < -0.4 is 5.32 Å². The smallest absolute Gasteiger partial charge is 0.200 e. The van der Waals surface area contributed by atoms with Crippen LogP contribution in [0.25, 0.3) is 0 Å². The van der Waals surface area contributed by atoms with Gasteiger partial charge >= 0.3 is 0 Å². The second-order valence-corrected chi connectivity index (χ2v) is 10.3. The van der Waals surface area contributed by atoms with Crippen molar-refractivity contribution in [3.8, 4) is 0 Å². The molecule has 0 amide bonds. The van der Waals surface area contributed by atoms with Gasteiger partial charge in [-0.2, -0.15) is 0 Å². The summed E-state index contributed by atoms with van der Waals surface area (Å²) in [6, 6.07) is 4.75. The normalized spacial score (nSPS) is 21.3. The minimum absolute atomic E-state index is 0.152. The first kappa shape index (κ1) is 16.7. The molecule has 1 aromatic heterocycles. The quantitative estimate of drug-likeness (QED) is 0.915. The van der Waals surface area contributed by atoms with Gasteiger partial charge in [-0.3, -0.25) is 0 Å². The third kappa shape index (κ3) is 3.69. The van der Waals surface area contributed by atoms with Crippen LogP contribution in [-0.4, -0.2) is 48.2 Å². The third-order valence-electron chi connectivity index (χ3n) is 4.78. The molecule has 128 valence electrons. The fourth-order valence-corrected chi connectivity index (χ4v) is 4.09. The predicted octanol–water partition coefficient (Wildman–Crippen LogP) is 2.69. The van der Waals surface area contributed by atoms with Crippen LogP contribution in [0.1, 0.15) is 46.5 Å². The second kappa shape index (κ2) is 6.06. The number of sulfone groups is 1. The molecule has 0 radical (unpaired) electrons. The molecule has 0 bridgehead atoms. The summed E-state index contributed by atoms with van der Waals surface area (Å²) in [5.74, 6) is 0. The maximum absolute atomic E-state index is 12.4. The Hall–Kier alpha value is -1.14. The minimum atomic E-state index is -3.38. The van der Waals surface area contributed by atoms with Crippen LogP contribution in [0.5, 0.6) is 0 Å². The van der Waals surface area contributed by atoms with Crippen molar-refractivity contribution in [2.24, 2.45) is 0 Å². The number of nitrogens with zero attached hydrogens (tertiary/aromatic N) is 2. The average molecular weight is 337 g/mol. The highest BCUT2D eigenvalue weighted by Gasteiger charge is 2.33. The summed E-state index contributed by atoms with van der Waals surface area (Å²) in [5, 5.41) is 3.65. The van der Waals surface area contributed by atoms with E-state index in [2.05, 4.69) is 15.2 Å². The molecular weight excluding hydrogens is 310 g/mol. The van der Waals surface area contributed by atoms with Gasteiger partial charge in [0, 0.05) is 25.2 Å². The van der Waals surface area contributed by atoms with Gasteiger partial charge in [0.25, 0.3) is 0 Å². The molecule has 2 aliphatic rings. The molecule has 0 spiro atoms. The summed E-state index contributed by atoms with van der Waals surface area (Å²) in [4.78, 5) is 6.77. The molecule has 23 heavy (non-hydrogen) atoms. The Morgan fingerprint density at radius 3 is 2.26 bits per heavy atom. The van der Waals surface area contributed by atoms with Gasteiger partial charge in [-0.25, -0.2) is 13.4 Å². The summed E-state index contributed by atoms with van der Waals surface area (Å²) in [7, 11) is -3.38. The van der Waals surface area contributed by atoms with Gasteiger partial charge in [0.15, 0.2) is 14.9 Å². The Bertz CT molecular complexity index is 637. The van der Waals surface area contributed by atoms with E-state index >= 15 is 0 Å². The molecule has 1 aliphatic carbocycles. The van der Waals surface area contributed by atoms with E-state index in [0.29, 0.717) is 6.04 Å². The number of rotatable bonds is 4. The molecule has 1 aromatic rings. The highest BCUT2D eigenvalue weighted by atomic mass is 32.2. The number of aromatic nitrogens is 1. The zero-order chi connectivity index (χ0) is 16.7. The molecule has 0 aromatic carbocycles. The largest absolute Gasteiger partial charge is 0.381 e. The minimum Gasteiger partial charge on any atom is -0.381 e. The van der Waals surface area contributed by atoms with Gasteiger partial charge in [0.2, 0.25) is 0 Å². The number of likely N-dealkylation sites (tertiary alicyclic amines) is 1. The zero-order valence-corrected chi connectivity index (χ0v) is 15.1. The molecule has 0 atom stereocenters. The molecule has 2 fully saturated rings. The highest BCUT2D eigenvalue weighted by molar-refractivity contribution is 7.92. The maximum atomic E-state index is 12.4. The van der Waals surface area contributed by atoms with Crippen LogP contribution >= 0.6 is 0 Å². The van der Waals surface area contributed by atoms with E-state index in [9.17, 15) is 8.42 Å². The number of piperidine rings is 1. The molecule has 2 heterocycles. The number of pyridine rings is 1. The van der Waals surface area contributed by atoms with Gasteiger partial charge in [0.05, 0.1) is 16.6 Å². The van der Waals surface area contributed by atoms with Crippen molar-refractivity contribution in [2.75, 3.05) is 18.4 Å². The van der Waals surface area contributed by atoms with Crippen molar-refractivity contribution in [3.63, 3.8) is 0 Å². The van der Waals surface area contributed by atoms with Crippen LogP contribution in [0.15, 0.2) is 23.4 Å². The summed E-state index contributed by atoms with van der Waals surface area (Å²) in [6.07, 6.45) is 6.65. The van der Waals surface area contributed by atoms with Gasteiger partial charge in [-0.05, 0) is 58.6 Å². The summed E-state index contributed by atoms with van der Waals surface area (Å²) in [6.45, 7) is 7.41. The van der Waals surface area contributed by atoms with E-state index in [4.69, 9.17) is 0 Å². The Balaban J connectivity index is 1.60. The highest BCUT2D eigenvalue weighted by Crippen LogP contribution is 2.30. The van der Waals surface area contributed by atoms with Crippen molar-refractivity contribution in [1.82, 2.24) is 9.88 Å². The number of anilines is 1. The van der Waals surface area contributed by atoms with Gasteiger partial charge in [-0.1, -0.05) is 0 Å². The van der Waals surface area contributed by atoms with E-state index in [1.54, 1.807) is 33.0 Å². The number of nitrogens with one attached hydrogen (secondary N) is 1. The van der Waals surface area contributed by atoms with Crippen molar-refractivity contribution in [1.29, 1.82) is 0 Å². The van der Waals surface area contributed by atoms with Crippen LogP contribution in [0.2, 0.25) is 0 Å². The summed E-state index contributed by atoms with van der Waals surface area (Å²) >= 11 is 0.